The van der Waals surface area contributed by atoms with E-state index in [2.05, 4.69) is 31.7 Å². The highest BCUT2D eigenvalue weighted by atomic mass is 19.1. The van der Waals surface area contributed by atoms with E-state index in [1.807, 2.05) is 6.07 Å². The summed E-state index contributed by atoms with van der Waals surface area (Å²) in [4.78, 5) is 2.53. The summed E-state index contributed by atoms with van der Waals surface area (Å²) in [5, 5.41) is 0. The second-order valence-electron chi connectivity index (χ2n) is 5.61. The van der Waals surface area contributed by atoms with Gasteiger partial charge < -0.3 is 0 Å². The standard InChI is InChI=1S/C17H24FN/c1-4-19(5-2)17(3)11-9-14(10-12-17)15-7-6-8-16(18)13-15/h6-9,13H,4-5,10-12H2,1-3H3. The first-order valence-electron chi connectivity index (χ1n) is 7.29. The van der Waals surface area contributed by atoms with Gasteiger partial charge in [-0.25, -0.2) is 4.39 Å². The van der Waals surface area contributed by atoms with E-state index in [0.29, 0.717) is 0 Å². The van der Waals surface area contributed by atoms with Gasteiger partial charge in [-0.15, -0.1) is 0 Å². The van der Waals surface area contributed by atoms with E-state index in [0.717, 1.165) is 37.9 Å². The van der Waals surface area contributed by atoms with Crippen molar-refractivity contribution in [2.24, 2.45) is 0 Å². The van der Waals surface area contributed by atoms with Gasteiger partial charge in [0.2, 0.25) is 0 Å². The van der Waals surface area contributed by atoms with Crippen LogP contribution in [0.25, 0.3) is 5.57 Å². The normalized spacial score (nSPS) is 23.5. The molecule has 0 heterocycles. The Morgan fingerprint density at radius 1 is 1.26 bits per heavy atom. The van der Waals surface area contributed by atoms with Crippen LogP contribution in [0.15, 0.2) is 30.3 Å². The fourth-order valence-electron chi connectivity index (χ4n) is 3.18. The van der Waals surface area contributed by atoms with Crippen LogP contribution < -0.4 is 0 Å². The van der Waals surface area contributed by atoms with E-state index in [-0.39, 0.29) is 11.4 Å². The van der Waals surface area contributed by atoms with Crippen molar-refractivity contribution >= 4 is 5.57 Å². The number of rotatable bonds is 4. The monoisotopic (exact) mass is 261 g/mol. The third-order valence-electron chi connectivity index (χ3n) is 4.44. The van der Waals surface area contributed by atoms with Gasteiger partial charge in [-0.05, 0) is 62.5 Å². The smallest absolute Gasteiger partial charge is 0.123 e. The Morgan fingerprint density at radius 3 is 2.53 bits per heavy atom. The number of benzene rings is 1. The fourth-order valence-corrected chi connectivity index (χ4v) is 3.18. The SMILES string of the molecule is CCN(CC)C1(C)CC=C(c2cccc(F)c2)CC1. The largest absolute Gasteiger partial charge is 0.298 e. The van der Waals surface area contributed by atoms with E-state index < -0.39 is 0 Å². The zero-order valence-corrected chi connectivity index (χ0v) is 12.2. The van der Waals surface area contributed by atoms with Crippen molar-refractivity contribution in [1.29, 1.82) is 0 Å². The highest BCUT2D eigenvalue weighted by molar-refractivity contribution is 5.66. The van der Waals surface area contributed by atoms with Gasteiger partial charge in [0.1, 0.15) is 5.82 Å². The molecule has 0 N–H and O–H groups in total. The van der Waals surface area contributed by atoms with Crippen molar-refractivity contribution in [3.63, 3.8) is 0 Å². The topological polar surface area (TPSA) is 3.24 Å². The molecule has 1 aliphatic carbocycles. The second-order valence-corrected chi connectivity index (χ2v) is 5.61. The van der Waals surface area contributed by atoms with Crippen LogP contribution in [-0.2, 0) is 0 Å². The number of halogens is 1. The highest BCUT2D eigenvalue weighted by Gasteiger charge is 2.31. The molecule has 0 aromatic heterocycles. The molecular weight excluding hydrogens is 237 g/mol. The average Bonchev–Trinajstić information content (AvgIpc) is 2.40. The lowest BCUT2D eigenvalue weighted by Gasteiger charge is -2.42. The Bertz CT molecular complexity index is 462. The summed E-state index contributed by atoms with van der Waals surface area (Å²) < 4.78 is 13.3. The number of allylic oxidation sites excluding steroid dienone is 1. The maximum absolute atomic E-state index is 13.3. The van der Waals surface area contributed by atoms with E-state index in [4.69, 9.17) is 0 Å². The van der Waals surface area contributed by atoms with E-state index in [9.17, 15) is 4.39 Å². The number of nitrogens with zero attached hydrogens (tertiary/aromatic N) is 1. The lowest BCUT2D eigenvalue weighted by atomic mass is 9.80. The highest BCUT2D eigenvalue weighted by Crippen LogP contribution is 2.36. The predicted octanol–water partition coefficient (Wildman–Crippen LogP) is 4.49. The molecule has 0 fully saturated rings. The average molecular weight is 261 g/mol. The molecule has 1 aliphatic rings. The summed E-state index contributed by atoms with van der Waals surface area (Å²) in [7, 11) is 0. The molecule has 0 saturated heterocycles. The molecule has 1 aromatic rings. The molecule has 0 amide bonds. The number of hydrogen-bond acceptors (Lipinski definition) is 1. The summed E-state index contributed by atoms with van der Waals surface area (Å²) in [6, 6.07) is 6.96. The minimum Gasteiger partial charge on any atom is -0.298 e. The van der Waals surface area contributed by atoms with Gasteiger partial charge in [0.05, 0.1) is 0 Å². The molecule has 1 atom stereocenters. The minimum absolute atomic E-state index is 0.143. The zero-order chi connectivity index (χ0) is 13.9. The molecule has 0 saturated carbocycles. The van der Waals surface area contributed by atoms with Crippen LogP contribution in [-0.4, -0.2) is 23.5 Å². The maximum atomic E-state index is 13.3. The van der Waals surface area contributed by atoms with E-state index in [1.165, 1.54) is 11.6 Å². The van der Waals surface area contributed by atoms with Gasteiger partial charge in [0, 0.05) is 5.54 Å². The Balaban J connectivity index is 2.16. The summed E-state index contributed by atoms with van der Waals surface area (Å²) in [6.45, 7) is 8.98. The summed E-state index contributed by atoms with van der Waals surface area (Å²) >= 11 is 0. The molecule has 0 spiro atoms. The molecule has 2 heteroatoms. The van der Waals surface area contributed by atoms with Gasteiger partial charge in [-0.3, -0.25) is 4.90 Å². The van der Waals surface area contributed by atoms with Crippen LogP contribution in [0, 0.1) is 5.82 Å². The Kier molecular flexibility index (Phi) is 4.41. The zero-order valence-electron chi connectivity index (χ0n) is 12.2. The lowest BCUT2D eigenvalue weighted by Crippen LogP contribution is -2.46. The number of hydrogen-bond donors (Lipinski definition) is 0. The van der Waals surface area contributed by atoms with Crippen LogP contribution in [0.2, 0.25) is 0 Å². The molecule has 1 aromatic carbocycles. The predicted molar refractivity (Wildman–Crippen MR) is 79.6 cm³/mol. The van der Waals surface area contributed by atoms with Crippen LogP contribution >= 0.6 is 0 Å². The summed E-state index contributed by atoms with van der Waals surface area (Å²) in [6.07, 6.45) is 5.55. The van der Waals surface area contributed by atoms with E-state index in [1.54, 1.807) is 12.1 Å². The Hall–Kier alpha value is -1.15. The van der Waals surface area contributed by atoms with Gasteiger partial charge in [0.15, 0.2) is 0 Å². The third kappa shape index (κ3) is 3.06. The Morgan fingerprint density at radius 2 is 2.00 bits per heavy atom. The molecule has 1 nitrogen and oxygen atoms in total. The second kappa shape index (κ2) is 5.87. The fraction of sp³-hybridized carbons (Fsp3) is 0.529. The van der Waals surface area contributed by atoms with Crippen molar-refractivity contribution in [3.05, 3.63) is 41.7 Å². The molecule has 0 aliphatic heterocycles. The van der Waals surface area contributed by atoms with E-state index >= 15 is 0 Å². The molecule has 0 bridgehead atoms. The first-order chi connectivity index (χ1) is 9.09. The van der Waals surface area contributed by atoms with Crippen molar-refractivity contribution in [1.82, 2.24) is 4.90 Å². The maximum Gasteiger partial charge on any atom is 0.123 e. The van der Waals surface area contributed by atoms with Gasteiger partial charge in [-0.1, -0.05) is 32.1 Å². The van der Waals surface area contributed by atoms with Gasteiger partial charge in [0.25, 0.3) is 0 Å². The van der Waals surface area contributed by atoms with Crippen LogP contribution in [0.1, 0.15) is 45.6 Å². The summed E-state index contributed by atoms with van der Waals surface area (Å²) in [5.74, 6) is -0.143. The van der Waals surface area contributed by atoms with Crippen LogP contribution in [0.5, 0.6) is 0 Å². The molecule has 19 heavy (non-hydrogen) atoms. The minimum atomic E-state index is -0.143. The van der Waals surface area contributed by atoms with Gasteiger partial charge >= 0.3 is 0 Å². The van der Waals surface area contributed by atoms with Crippen molar-refractivity contribution < 1.29 is 4.39 Å². The third-order valence-corrected chi connectivity index (χ3v) is 4.44. The molecular formula is C17H24FN. The van der Waals surface area contributed by atoms with Crippen molar-refractivity contribution in [2.45, 2.75) is 45.6 Å². The van der Waals surface area contributed by atoms with Crippen molar-refractivity contribution in [3.8, 4) is 0 Å². The molecule has 2 rings (SSSR count). The first-order valence-corrected chi connectivity index (χ1v) is 7.29. The Labute approximate surface area is 116 Å². The van der Waals surface area contributed by atoms with Crippen molar-refractivity contribution in [2.75, 3.05) is 13.1 Å². The van der Waals surface area contributed by atoms with Crippen LogP contribution in [0.3, 0.4) is 0 Å². The molecule has 104 valence electrons. The lowest BCUT2D eigenvalue weighted by molar-refractivity contribution is 0.108. The quantitative estimate of drug-likeness (QED) is 0.771. The first kappa shape index (κ1) is 14.3. The molecule has 1 unspecified atom stereocenters. The van der Waals surface area contributed by atoms with Crippen LogP contribution in [0.4, 0.5) is 4.39 Å². The molecule has 0 radical (unpaired) electrons. The summed E-state index contributed by atoms with van der Waals surface area (Å²) in [5.41, 5.74) is 2.60. The van der Waals surface area contributed by atoms with Gasteiger partial charge in [-0.2, -0.15) is 0 Å².